The smallest absolute Gasteiger partial charge is 0.259 e. The summed E-state index contributed by atoms with van der Waals surface area (Å²) in [6.07, 6.45) is 2.68. The van der Waals surface area contributed by atoms with Crippen molar-refractivity contribution in [2.24, 2.45) is 0 Å². The molecule has 0 aliphatic rings. The first kappa shape index (κ1) is 19.3. The van der Waals surface area contributed by atoms with E-state index in [1.165, 1.54) is 18.3 Å². The first-order valence-electron chi connectivity index (χ1n) is 8.99. The lowest BCUT2D eigenvalue weighted by Gasteiger charge is -2.09. The topological polar surface area (TPSA) is 76.0 Å². The van der Waals surface area contributed by atoms with Gasteiger partial charge in [0.15, 0.2) is 0 Å². The SMILES string of the molecule is CCCC(=O)Nc1cccc(NC(=O)c2cnn(-c3ccc(F)cc3)c2C)c1. The van der Waals surface area contributed by atoms with Crippen LogP contribution in [0.4, 0.5) is 15.8 Å². The van der Waals surface area contributed by atoms with Gasteiger partial charge in [0.05, 0.1) is 23.1 Å². The van der Waals surface area contributed by atoms with Gasteiger partial charge in [0.1, 0.15) is 5.82 Å². The minimum Gasteiger partial charge on any atom is -0.326 e. The van der Waals surface area contributed by atoms with Crippen LogP contribution in [0.5, 0.6) is 0 Å². The van der Waals surface area contributed by atoms with Crippen LogP contribution in [0.25, 0.3) is 5.69 Å². The molecule has 2 aromatic carbocycles. The van der Waals surface area contributed by atoms with Crippen molar-refractivity contribution in [2.45, 2.75) is 26.7 Å². The summed E-state index contributed by atoms with van der Waals surface area (Å²) in [5.74, 6) is -0.720. The highest BCUT2D eigenvalue weighted by Gasteiger charge is 2.15. The van der Waals surface area contributed by atoms with Crippen molar-refractivity contribution in [1.29, 1.82) is 0 Å². The lowest BCUT2D eigenvalue weighted by molar-refractivity contribution is -0.116. The molecule has 3 rings (SSSR count). The largest absolute Gasteiger partial charge is 0.326 e. The van der Waals surface area contributed by atoms with Crippen LogP contribution in [0.3, 0.4) is 0 Å². The molecule has 0 unspecified atom stereocenters. The maximum absolute atomic E-state index is 13.1. The fourth-order valence-corrected chi connectivity index (χ4v) is 2.80. The summed E-state index contributed by atoms with van der Waals surface area (Å²) < 4.78 is 14.7. The Hall–Kier alpha value is -3.48. The number of carbonyl (C=O) groups is 2. The van der Waals surface area contributed by atoms with Gasteiger partial charge in [0.2, 0.25) is 5.91 Å². The van der Waals surface area contributed by atoms with Gasteiger partial charge in [-0.3, -0.25) is 9.59 Å². The van der Waals surface area contributed by atoms with E-state index in [0.717, 1.165) is 6.42 Å². The average molecular weight is 380 g/mol. The van der Waals surface area contributed by atoms with Gasteiger partial charge < -0.3 is 10.6 Å². The highest BCUT2D eigenvalue weighted by molar-refractivity contribution is 6.05. The minimum absolute atomic E-state index is 0.0672. The molecule has 3 aromatic rings. The number of hydrogen-bond acceptors (Lipinski definition) is 3. The van der Waals surface area contributed by atoms with Gasteiger partial charge in [-0.15, -0.1) is 0 Å². The number of anilines is 2. The quantitative estimate of drug-likeness (QED) is 0.669. The Bertz CT molecular complexity index is 996. The second-order valence-corrected chi connectivity index (χ2v) is 6.36. The third-order valence-corrected chi connectivity index (χ3v) is 4.21. The molecule has 0 bridgehead atoms. The van der Waals surface area contributed by atoms with Gasteiger partial charge in [-0.25, -0.2) is 9.07 Å². The number of amides is 2. The molecule has 2 amide bonds. The van der Waals surface area contributed by atoms with Gasteiger partial charge in [-0.2, -0.15) is 5.10 Å². The molecule has 0 saturated heterocycles. The highest BCUT2D eigenvalue weighted by atomic mass is 19.1. The van der Waals surface area contributed by atoms with E-state index >= 15 is 0 Å². The van der Waals surface area contributed by atoms with Crippen LogP contribution in [0.1, 0.15) is 35.8 Å². The Kier molecular flexibility index (Phi) is 5.84. The van der Waals surface area contributed by atoms with Crippen molar-refractivity contribution in [1.82, 2.24) is 9.78 Å². The summed E-state index contributed by atoms with van der Waals surface area (Å²) >= 11 is 0. The first-order chi connectivity index (χ1) is 13.5. The summed E-state index contributed by atoms with van der Waals surface area (Å²) in [5, 5.41) is 9.85. The van der Waals surface area contributed by atoms with Crippen LogP contribution in [0.15, 0.2) is 54.7 Å². The second kappa shape index (κ2) is 8.47. The predicted molar refractivity (Wildman–Crippen MR) is 106 cm³/mol. The number of hydrogen-bond donors (Lipinski definition) is 2. The van der Waals surface area contributed by atoms with Gasteiger partial charge in [0.25, 0.3) is 5.91 Å². The molecule has 0 spiro atoms. The van der Waals surface area contributed by atoms with Crippen LogP contribution < -0.4 is 10.6 Å². The Labute approximate surface area is 162 Å². The van der Waals surface area contributed by atoms with Gasteiger partial charge in [-0.1, -0.05) is 13.0 Å². The second-order valence-electron chi connectivity index (χ2n) is 6.36. The molecule has 0 fully saturated rings. The van der Waals surface area contributed by atoms with Crippen LogP contribution >= 0.6 is 0 Å². The fraction of sp³-hybridized carbons (Fsp3) is 0.190. The molecule has 0 radical (unpaired) electrons. The maximum Gasteiger partial charge on any atom is 0.259 e. The summed E-state index contributed by atoms with van der Waals surface area (Å²) in [6.45, 7) is 3.71. The standard InChI is InChI=1S/C21H21FN4O2/c1-3-5-20(27)24-16-6-4-7-17(12-16)25-21(28)19-13-23-26(14(19)2)18-10-8-15(22)9-11-18/h4,6-13H,3,5H2,1-2H3,(H,24,27)(H,25,28). The molecule has 0 aliphatic carbocycles. The Morgan fingerprint density at radius 1 is 1.07 bits per heavy atom. The molecule has 28 heavy (non-hydrogen) atoms. The minimum atomic E-state index is -0.336. The monoisotopic (exact) mass is 380 g/mol. The number of carbonyl (C=O) groups excluding carboxylic acids is 2. The van der Waals surface area contributed by atoms with Crippen LogP contribution in [-0.4, -0.2) is 21.6 Å². The molecule has 7 heteroatoms. The number of aromatic nitrogens is 2. The molecule has 2 N–H and O–H groups in total. The maximum atomic E-state index is 13.1. The van der Waals surface area contributed by atoms with E-state index in [9.17, 15) is 14.0 Å². The molecule has 1 heterocycles. The predicted octanol–water partition coefficient (Wildman–Crippen LogP) is 4.31. The normalized spacial score (nSPS) is 10.5. The van der Waals surface area contributed by atoms with Crippen molar-refractivity contribution in [3.05, 3.63) is 71.8 Å². The number of nitrogens with zero attached hydrogens (tertiary/aromatic N) is 2. The molecular weight excluding hydrogens is 359 g/mol. The Morgan fingerprint density at radius 3 is 2.43 bits per heavy atom. The van der Waals surface area contributed by atoms with E-state index in [2.05, 4.69) is 15.7 Å². The van der Waals surface area contributed by atoms with E-state index in [1.54, 1.807) is 48.0 Å². The van der Waals surface area contributed by atoms with E-state index < -0.39 is 0 Å². The molecule has 0 saturated carbocycles. The van der Waals surface area contributed by atoms with Crippen LogP contribution in [0, 0.1) is 12.7 Å². The third kappa shape index (κ3) is 4.43. The summed E-state index contributed by atoms with van der Waals surface area (Å²) in [4.78, 5) is 24.4. The lowest BCUT2D eigenvalue weighted by atomic mass is 10.2. The zero-order valence-corrected chi connectivity index (χ0v) is 15.7. The molecule has 6 nitrogen and oxygen atoms in total. The van der Waals surface area contributed by atoms with E-state index in [-0.39, 0.29) is 17.6 Å². The zero-order chi connectivity index (χ0) is 20.1. The highest BCUT2D eigenvalue weighted by Crippen LogP contribution is 2.19. The molecular formula is C21H21FN4O2. The number of nitrogens with one attached hydrogen (secondary N) is 2. The van der Waals surface area contributed by atoms with Crippen molar-refractivity contribution in [3.8, 4) is 5.69 Å². The fourth-order valence-electron chi connectivity index (χ4n) is 2.80. The van der Waals surface area contributed by atoms with E-state index in [1.807, 2.05) is 6.92 Å². The van der Waals surface area contributed by atoms with Gasteiger partial charge in [0, 0.05) is 17.8 Å². The number of benzene rings is 2. The van der Waals surface area contributed by atoms with Crippen LogP contribution in [0.2, 0.25) is 0 Å². The van der Waals surface area contributed by atoms with Crippen LogP contribution in [-0.2, 0) is 4.79 Å². The van der Waals surface area contributed by atoms with Crippen molar-refractivity contribution < 1.29 is 14.0 Å². The average Bonchev–Trinajstić information content (AvgIpc) is 3.04. The molecule has 0 atom stereocenters. The zero-order valence-electron chi connectivity index (χ0n) is 15.7. The summed E-state index contributed by atoms with van der Waals surface area (Å²) in [5.41, 5.74) is 2.89. The Morgan fingerprint density at radius 2 is 1.75 bits per heavy atom. The first-order valence-corrected chi connectivity index (χ1v) is 8.99. The molecule has 1 aromatic heterocycles. The van der Waals surface area contributed by atoms with E-state index in [4.69, 9.17) is 0 Å². The third-order valence-electron chi connectivity index (χ3n) is 4.21. The van der Waals surface area contributed by atoms with E-state index in [0.29, 0.717) is 34.7 Å². The van der Waals surface area contributed by atoms with Crippen molar-refractivity contribution in [3.63, 3.8) is 0 Å². The van der Waals surface area contributed by atoms with Crippen molar-refractivity contribution in [2.75, 3.05) is 10.6 Å². The summed E-state index contributed by atoms with van der Waals surface area (Å²) in [7, 11) is 0. The van der Waals surface area contributed by atoms with Gasteiger partial charge >= 0.3 is 0 Å². The molecule has 144 valence electrons. The summed E-state index contributed by atoms with van der Waals surface area (Å²) in [6, 6.07) is 12.8. The number of rotatable bonds is 6. The van der Waals surface area contributed by atoms with Crippen molar-refractivity contribution >= 4 is 23.2 Å². The molecule has 0 aliphatic heterocycles. The number of halogens is 1. The lowest BCUT2D eigenvalue weighted by Crippen LogP contribution is -2.14. The Balaban J connectivity index is 1.75. The van der Waals surface area contributed by atoms with Gasteiger partial charge in [-0.05, 0) is 55.8 Å².